The summed E-state index contributed by atoms with van der Waals surface area (Å²) < 4.78 is 0. The highest BCUT2D eigenvalue weighted by atomic mass is 32.1. The van der Waals surface area contributed by atoms with E-state index in [1.54, 1.807) is 16.2 Å². The van der Waals surface area contributed by atoms with E-state index in [2.05, 4.69) is 24.3 Å². The fourth-order valence-electron chi connectivity index (χ4n) is 3.73. The van der Waals surface area contributed by atoms with Crippen molar-refractivity contribution < 1.29 is 9.59 Å². The molecule has 4 nitrogen and oxygen atoms in total. The van der Waals surface area contributed by atoms with E-state index < -0.39 is 0 Å². The van der Waals surface area contributed by atoms with Gasteiger partial charge in [-0.1, -0.05) is 24.3 Å². The van der Waals surface area contributed by atoms with Crippen LogP contribution in [0.15, 0.2) is 30.3 Å². The molecule has 2 aliphatic rings. The molecular formula is C19H20N2O2S. The average Bonchev–Trinajstić information content (AvgIpc) is 3.06. The first-order valence-electron chi connectivity index (χ1n) is 8.43. The topological polar surface area (TPSA) is 63.4 Å². The van der Waals surface area contributed by atoms with Crippen molar-refractivity contribution in [1.29, 1.82) is 0 Å². The van der Waals surface area contributed by atoms with Gasteiger partial charge in [0.25, 0.3) is 5.91 Å². The second-order valence-electron chi connectivity index (χ2n) is 6.61. The Bertz CT molecular complexity index is 811. The minimum atomic E-state index is -0.299. The summed E-state index contributed by atoms with van der Waals surface area (Å²) in [6, 6.07) is 10.5. The quantitative estimate of drug-likeness (QED) is 0.914. The molecular weight excluding hydrogens is 320 g/mol. The van der Waals surface area contributed by atoms with Gasteiger partial charge in [-0.2, -0.15) is 0 Å². The highest BCUT2D eigenvalue weighted by Gasteiger charge is 2.29. The van der Waals surface area contributed by atoms with Gasteiger partial charge in [-0.05, 0) is 48.4 Å². The number of thiophene rings is 1. The highest BCUT2D eigenvalue weighted by Crippen LogP contribution is 2.40. The van der Waals surface area contributed by atoms with E-state index in [0.29, 0.717) is 13.1 Å². The molecule has 2 amide bonds. The zero-order valence-electron chi connectivity index (χ0n) is 13.5. The van der Waals surface area contributed by atoms with Crippen molar-refractivity contribution in [3.05, 3.63) is 46.3 Å². The minimum absolute atomic E-state index is 0.0397. The Morgan fingerprint density at radius 2 is 1.96 bits per heavy atom. The summed E-state index contributed by atoms with van der Waals surface area (Å²) in [5.74, 6) is -0.470. The number of piperidine rings is 1. The van der Waals surface area contributed by atoms with Crippen molar-refractivity contribution in [2.75, 3.05) is 13.1 Å². The Morgan fingerprint density at radius 1 is 1.17 bits per heavy atom. The molecule has 0 radical (unpaired) electrons. The number of carbonyl (C=O) groups excluding carboxylic acids is 2. The summed E-state index contributed by atoms with van der Waals surface area (Å²) in [5.41, 5.74) is 9.32. The molecule has 24 heavy (non-hydrogen) atoms. The van der Waals surface area contributed by atoms with Gasteiger partial charge in [0, 0.05) is 18.0 Å². The molecule has 5 heteroatoms. The molecule has 0 bridgehead atoms. The molecule has 1 atom stereocenters. The fourth-order valence-corrected chi connectivity index (χ4v) is 4.97. The Kier molecular flexibility index (Phi) is 3.88. The lowest BCUT2D eigenvalue weighted by Gasteiger charge is -2.30. The third-order valence-electron chi connectivity index (χ3n) is 5.06. The first-order valence-corrected chi connectivity index (χ1v) is 9.24. The molecule has 124 valence electrons. The number of benzene rings is 1. The summed E-state index contributed by atoms with van der Waals surface area (Å²) in [7, 11) is 0. The number of nitrogens with two attached hydrogens (primary N) is 1. The Balaban J connectivity index is 1.61. The molecule has 0 saturated carbocycles. The van der Waals surface area contributed by atoms with E-state index in [1.807, 2.05) is 6.07 Å². The monoisotopic (exact) mass is 340 g/mol. The summed E-state index contributed by atoms with van der Waals surface area (Å²) in [6.45, 7) is 1.16. The Morgan fingerprint density at radius 3 is 2.79 bits per heavy atom. The second kappa shape index (κ2) is 6.06. The standard InChI is InChI=1S/C19H20N2O2S/c20-18(22)14-5-3-9-21(11-14)19(23)16-10-13-8-7-12-4-1-2-6-15(12)17(13)24-16/h1-2,4,6,10,14H,3,5,7-9,11H2,(H2,20,22). The fraction of sp³-hybridized carbons (Fsp3) is 0.368. The van der Waals surface area contributed by atoms with E-state index in [-0.39, 0.29) is 17.7 Å². The Hall–Kier alpha value is -2.14. The maximum absolute atomic E-state index is 12.9. The Labute approximate surface area is 145 Å². The van der Waals surface area contributed by atoms with Gasteiger partial charge in [0.15, 0.2) is 0 Å². The number of likely N-dealkylation sites (tertiary alicyclic amines) is 1. The molecule has 1 aliphatic carbocycles. The number of hydrogen-bond acceptors (Lipinski definition) is 3. The van der Waals surface area contributed by atoms with Crippen molar-refractivity contribution in [2.45, 2.75) is 25.7 Å². The molecule has 1 unspecified atom stereocenters. The summed E-state index contributed by atoms with van der Waals surface area (Å²) in [5, 5.41) is 0. The predicted octanol–water partition coefficient (Wildman–Crippen LogP) is 2.85. The summed E-state index contributed by atoms with van der Waals surface area (Å²) in [4.78, 5) is 28.1. The van der Waals surface area contributed by atoms with E-state index >= 15 is 0 Å². The maximum atomic E-state index is 12.9. The predicted molar refractivity (Wildman–Crippen MR) is 95.0 cm³/mol. The van der Waals surface area contributed by atoms with Gasteiger partial charge in [-0.25, -0.2) is 0 Å². The van der Waals surface area contributed by atoms with Crippen LogP contribution in [-0.2, 0) is 17.6 Å². The van der Waals surface area contributed by atoms with Crippen LogP contribution in [0.5, 0.6) is 0 Å². The molecule has 1 fully saturated rings. The summed E-state index contributed by atoms with van der Waals surface area (Å²) in [6.07, 6.45) is 3.64. The number of aryl methyl sites for hydroxylation is 2. The third kappa shape index (κ3) is 2.63. The van der Waals surface area contributed by atoms with Crippen molar-refractivity contribution >= 4 is 23.2 Å². The van der Waals surface area contributed by atoms with Crippen LogP contribution in [0.25, 0.3) is 10.4 Å². The number of nitrogens with zero attached hydrogens (tertiary/aromatic N) is 1. The van der Waals surface area contributed by atoms with Crippen molar-refractivity contribution in [3.8, 4) is 10.4 Å². The number of fused-ring (bicyclic) bond motifs is 3. The van der Waals surface area contributed by atoms with Crippen molar-refractivity contribution in [2.24, 2.45) is 11.7 Å². The highest BCUT2D eigenvalue weighted by molar-refractivity contribution is 7.17. The zero-order valence-corrected chi connectivity index (χ0v) is 14.3. The molecule has 2 heterocycles. The average molecular weight is 340 g/mol. The van der Waals surface area contributed by atoms with Gasteiger partial charge in [0.2, 0.25) is 5.91 Å². The van der Waals surface area contributed by atoms with Gasteiger partial charge in [0.05, 0.1) is 10.8 Å². The van der Waals surface area contributed by atoms with E-state index in [1.165, 1.54) is 21.6 Å². The number of carbonyl (C=O) groups is 2. The van der Waals surface area contributed by atoms with Crippen LogP contribution in [0, 0.1) is 5.92 Å². The molecule has 4 rings (SSSR count). The smallest absolute Gasteiger partial charge is 0.263 e. The molecule has 2 aromatic rings. The van der Waals surface area contributed by atoms with E-state index in [4.69, 9.17) is 5.73 Å². The van der Waals surface area contributed by atoms with Crippen LogP contribution in [0.1, 0.15) is 33.6 Å². The van der Waals surface area contributed by atoms with Crippen molar-refractivity contribution in [1.82, 2.24) is 4.90 Å². The zero-order chi connectivity index (χ0) is 16.7. The summed E-state index contributed by atoms with van der Waals surface area (Å²) >= 11 is 1.58. The van der Waals surface area contributed by atoms with Crippen LogP contribution in [0.2, 0.25) is 0 Å². The lowest BCUT2D eigenvalue weighted by molar-refractivity contribution is -0.123. The van der Waals surface area contributed by atoms with E-state index in [9.17, 15) is 9.59 Å². The van der Waals surface area contributed by atoms with Crippen LogP contribution in [-0.4, -0.2) is 29.8 Å². The third-order valence-corrected chi connectivity index (χ3v) is 6.26. The number of amides is 2. The van der Waals surface area contributed by atoms with Gasteiger partial charge in [0.1, 0.15) is 0 Å². The minimum Gasteiger partial charge on any atom is -0.369 e. The molecule has 1 aromatic heterocycles. The van der Waals surface area contributed by atoms with Crippen LogP contribution < -0.4 is 5.73 Å². The molecule has 0 spiro atoms. The molecule has 1 saturated heterocycles. The maximum Gasteiger partial charge on any atom is 0.263 e. The van der Waals surface area contributed by atoms with Gasteiger partial charge < -0.3 is 10.6 Å². The molecule has 1 aliphatic heterocycles. The van der Waals surface area contributed by atoms with E-state index in [0.717, 1.165) is 30.6 Å². The van der Waals surface area contributed by atoms with Gasteiger partial charge in [-0.3, -0.25) is 9.59 Å². The number of primary amides is 1. The largest absolute Gasteiger partial charge is 0.369 e. The lowest BCUT2D eigenvalue weighted by atomic mass is 9.91. The van der Waals surface area contributed by atoms with Gasteiger partial charge >= 0.3 is 0 Å². The first-order chi connectivity index (χ1) is 11.6. The normalized spacial score (nSPS) is 19.5. The SMILES string of the molecule is NC(=O)C1CCCN(C(=O)c2cc3c(s2)-c2ccccc2CC3)C1. The first kappa shape index (κ1) is 15.4. The van der Waals surface area contributed by atoms with Crippen molar-refractivity contribution in [3.63, 3.8) is 0 Å². The number of rotatable bonds is 2. The van der Waals surface area contributed by atoms with Gasteiger partial charge in [-0.15, -0.1) is 11.3 Å². The van der Waals surface area contributed by atoms with Crippen LogP contribution in [0.4, 0.5) is 0 Å². The number of hydrogen-bond donors (Lipinski definition) is 1. The van der Waals surface area contributed by atoms with Crippen LogP contribution >= 0.6 is 11.3 Å². The van der Waals surface area contributed by atoms with Crippen LogP contribution in [0.3, 0.4) is 0 Å². The lowest BCUT2D eigenvalue weighted by Crippen LogP contribution is -2.43. The molecule has 2 N–H and O–H groups in total. The molecule has 1 aromatic carbocycles. The second-order valence-corrected chi connectivity index (χ2v) is 7.67.